The molecule has 2 N–H and O–H groups in total. The fourth-order valence-electron chi connectivity index (χ4n) is 4.86. The number of hydrogen-bond acceptors (Lipinski definition) is 3. The first-order valence-electron chi connectivity index (χ1n) is 10.2. The first-order chi connectivity index (χ1) is 14.5. The molecular weight excluding hydrogens is 384 g/mol. The highest BCUT2D eigenvalue weighted by molar-refractivity contribution is 7.25. The van der Waals surface area contributed by atoms with Crippen molar-refractivity contribution in [1.29, 1.82) is 0 Å². The molecule has 0 bridgehead atoms. The van der Waals surface area contributed by atoms with Crippen molar-refractivity contribution in [3.63, 3.8) is 0 Å². The summed E-state index contributed by atoms with van der Waals surface area (Å²) in [6.07, 6.45) is 0. The van der Waals surface area contributed by atoms with Crippen molar-refractivity contribution in [3.05, 3.63) is 96.1 Å². The van der Waals surface area contributed by atoms with E-state index >= 15 is 0 Å². The molecule has 1 heterocycles. The topological polar surface area (TPSA) is 29.3 Å². The van der Waals surface area contributed by atoms with Crippen LogP contribution in [0.25, 0.3) is 31.3 Å². The summed E-state index contributed by atoms with van der Waals surface area (Å²) in [5.41, 5.74) is 7.34. The van der Waals surface area contributed by atoms with E-state index in [0.29, 0.717) is 0 Å². The summed E-state index contributed by atoms with van der Waals surface area (Å²) in [7, 11) is 0. The number of hydrogen-bond donors (Lipinski definition) is 1. The molecule has 0 radical (unpaired) electrons. The standard InChI is InChI=1S/C27H22N2S/c1-27(2)23-9-5-3-7-19(23)20-13-11-17(15-24(20)27)29(28)18-12-14-22-21-8-4-6-10-25(21)30-26(22)16-18/h3-16H,28H2,1-2H3. The lowest BCUT2D eigenvalue weighted by Gasteiger charge is -2.24. The Morgan fingerprint density at radius 1 is 0.667 bits per heavy atom. The van der Waals surface area contributed by atoms with Gasteiger partial charge in [-0.25, -0.2) is 5.84 Å². The van der Waals surface area contributed by atoms with Crippen molar-refractivity contribution in [2.75, 3.05) is 5.01 Å². The van der Waals surface area contributed by atoms with Crippen LogP contribution in [0, 0.1) is 0 Å². The van der Waals surface area contributed by atoms with E-state index in [1.54, 1.807) is 0 Å². The lowest BCUT2D eigenvalue weighted by atomic mass is 9.82. The number of anilines is 2. The van der Waals surface area contributed by atoms with Crippen molar-refractivity contribution < 1.29 is 0 Å². The molecule has 0 amide bonds. The maximum Gasteiger partial charge on any atom is 0.0589 e. The van der Waals surface area contributed by atoms with Gasteiger partial charge >= 0.3 is 0 Å². The summed E-state index contributed by atoms with van der Waals surface area (Å²) < 4.78 is 2.57. The molecule has 0 aliphatic heterocycles. The normalized spacial score (nSPS) is 14.1. The Bertz CT molecular complexity index is 1440. The third kappa shape index (κ3) is 2.40. The van der Waals surface area contributed by atoms with Gasteiger partial charge in [0, 0.05) is 25.6 Å². The Morgan fingerprint density at radius 2 is 1.33 bits per heavy atom. The van der Waals surface area contributed by atoms with E-state index in [1.807, 2.05) is 16.3 Å². The molecule has 0 atom stereocenters. The molecular formula is C27H22N2S. The maximum absolute atomic E-state index is 6.63. The molecule has 0 fully saturated rings. The summed E-state index contributed by atoms with van der Waals surface area (Å²) in [6.45, 7) is 4.59. The van der Waals surface area contributed by atoms with Crippen molar-refractivity contribution >= 4 is 42.9 Å². The van der Waals surface area contributed by atoms with Crippen LogP contribution in [0.4, 0.5) is 11.4 Å². The smallest absolute Gasteiger partial charge is 0.0589 e. The van der Waals surface area contributed by atoms with Crippen molar-refractivity contribution in [2.45, 2.75) is 19.3 Å². The zero-order valence-corrected chi connectivity index (χ0v) is 17.8. The average Bonchev–Trinajstić information content (AvgIpc) is 3.26. The fourth-order valence-corrected chi connectivity index (χ4v) is 5.99. The highest BCUT2D eigenvalue weighted by Gasteiger charge is 2.35. The lowest BCUT2D eigenvalue weighted by molar-refractivity contribution is 0.660. The largest absolute Gasteiger partial charge is 0.280 e. The van der Waals surface area contributed by atoms with Crippen molar-refractivity contribution in [2.24, 2.45) is 5.84 Å². The van der Waals surface area contributed by atoms with E-state index in [1.165, 1.54) is 42.4 Å². The van der Waals surface area contributed by atoms with Crippen molar-refractivity contribution in [1.82, 2.24) is 0 Å². The van der Waals surface area contributed by atoms with Gasteiger partial charge in [0.2, 0.25) is 0 Å². The molecule has 0 saturated carbocycles. The van der Waals surface area contributed by atoms with E-state index in [-0.39, 0.29) is 5.41 Å². The highest BCUT2D eigenvalue weighted by Crippen LogP contribution is 2.49. The number of benzene rings is 4. The SMILES string of the molecule is CC1(C)c2ccccc2-c2ccc(N(N)c3ccc4c(c3)sc3ccccc34)cc21. The fraction of sp³-hybridized carbons (Fsp3) is 0.111. The highest BCUT2D eigenvalue weighted by atomic mass is 32.1. The van der Waals surface area contributed by atoms with Crippen molar-refractivity contribution in [3.8, 4) is 11.1 Å². The first-order valence-corrected chi connectivity index (χ1v) is 11.1. The van der Waals surface area contributed by atoms with Gasteiger partial charge in [-0.15, -0.1) is 11.3 Å². The van der Waals surface area contributed by atoms with Gasteiger partial charge in [0.15, 0.2) is 0 Å². The number of rotatable bonds is 2. The van der Waals surface area contributed by atoms with Crippen LogP contribution in [0.2, 0.25) is 0 Å². The van der Waals surface area contributed by atoms with Crippen LogP contribution in [0.3, 0.4) is 0 Å². The first kappa shape index (κ1) is 17.7. The van der Waals surface area contributed by atoms with Crippen LogP contribution in [0.15, 0.2) is 84.9 Å². The molecule has 1 aromatic heterocycles. The molecule has 6 rings (SSSR count). The summed E-state index contributed by atoms with van der Waals surface area (Å²) in [4.78, 5) is 0. The second kappa shape index (κ2) is 6.18. The Kier molecular flexibility index (Phi) is 3.64. The molecule has 1 aliphatic carbocycles. The minimum absolute atomic E-state index is 0.0296. The van der Waals surface area contributed by atoms with Gasteiger partial charge in [-0.3, -0.25) is 5.01 Å². The van der Waals surface area contributed by atoms with Gasteiger partial charge in [0.05, 0.1) is 11.4 Å². The molecule has 30 heavy (non-hydrogen) atoms. The summed E-state index contributed by atoms with van der Waals surface area (Å²) in [5.74, 6) is 6.63. The second-order valence-electron chi connectivity index (χ2n) is 8.55. The minimum Gasteiger partial charge on any atom is -0.280 e. The molecule has 2 nitrogen and oxygen atoms in total. The van der Waals surface area contributed by atoms with Gasteiger partial charge < -0.3 is 0 Å². The molecule has 3 heteroatoms. The molecule has 1 aliphatic rings. The number of thiophene rings is 1. The number of hydrazine groups is 1. The number of nitrogens with zero attached hydrogens (tertiary/aromatic N) is 1. The van der Waals surface area contributed by atoms with Crippen LogP contribution in [0.5, 0.6) is 0 Å². The third-order valence-electron chi connectivity index (χ3n) is 6.49. The minimum atomic E-state index is -0.0296. The van der Waals surface area contributed by atoms with Crippen LogP contribution in [-0.4, -0.2) is 0 Å². The maximum atomic E-state index is 6.63. The van der Waals surface area contributed by atoms with Crippen LogP contribution in [0.1, 0.15) is 25.0 Å². The predicted octanol–water partition coefficient (Wildman–Crippen LogP) is 7.37. The monoisotopic (exact) mass is 406 g/mol. The molecule has 0 spiro atoms. The van der Waals surface area contributed by atoms with E-state index in [9.17, 15) is 0 Å². The van der Waals surface area contributed by atoms with E-state index < -0.39 is 0 Å². The quantitative estimate of drug-likeness (QED) is 0.245. The van der Waals surface area contributed by atoms with Gasteiger partial charge in [0.25, 0.3) is 0 Å². The van der Waals surface area contributed by atoms with E-state index in [0.717, 1.165) is 11.4 Å². The molecule has 5 aromatic rings. The van der Waals surface area contributed by atoms with E-state index in [2.05, 4.69) is 98.8 Å². The summed E-state index contributed by atoms with van der Waals surface area (Å²) in [5, 5.41) is 4.41. The Labute approximate surface area is 180 Å². The van der Waals surface area contributed by atoms with Gasteiger partial charge in [0.1, 0.15) is 0 Å². The number of fused-ring (bicyclic) bond motifs is 6. The van der Waals surface area contributed by atoms with Gasteiger partial charge in [-0.2, -0.15) is 0 Å². The lowest BCUT2D eigenvalue weighted by Crippen LogP contribution is -2.25. The molecule has 0 saturated heterocycles. The Hall–Kier alpha value is -3.14. The van der Waals surface area contributed by atoms with E-state index in [4.69, 9.17) is 5.84 Å². The second-order valence-corrected chi connectivity index (χ2v) is 9.63. The zero-order valence-electron chi connectivity index (χ0n) is 17.0. The summed E-state index contributed by atoms with van der Waals surface area (Å²) in [6, 6.07) is 30.4. The third-order valence-corrected chi connectivity index (χ3v) is 7.62. The zero-order chi connectivity index (χ0) is 20.5. The Balaban J connectivity index is 1.44. The Morgan fingerprint density at radius 3 is 2.23 bits per heavy atom. The van der Waals surface area contributed by atoms with Crippen LogP contribution < -0.4 is 10.9 Å². The molecule has 4 aromatic carbocycles. The van der Waals surface area contributed by atoms with Gasteiger partial charge in [-0.05, 0) is 52.6 Å². The predicted molar refractivity (Wildman–Crippen MR) is 130 cm³/mol. The molecule has 146 valence electrons. The van der Waals surface area contributed by atoms with Crippen LogP contribution in [-0.2, 0) is 5.41 Å². The average molecular weight is 407 g/mol. The number of nitrogens with two attached hydrogens (primary N) is 1. The van der Waals surface area contributed by atoms with Crippen LogP contribution >= 0.6 is 11.3 Å². The summed E-state index contributed by atoms with van der Waals surface area (Å²) >= 11 is 1.82. The molecule has 0 unspecified atom stereocenters. The van der Waals surface area contributed by atoms with Gasteiger partial charge in [-0.1, -0.05) is 68.4 Å².